The predicted molar refractivity (Wildman–Crippen MR) is 57.7 cm³/mol. The number of carboxylic acid groups (broad SMARTS) is 1. The number of carbonyl (C=O) groups is 1. The molecule has 0 radical (unpaired) electrons. The van der Waals surface area contributed by atoms with Crippen LogP contribution in [0.2, 0.25) is 0 Å². The van der Waals surface area contributed by atoms with E-state index in [1.165, 1.54) is 0 Å². The zero-order chi connectivity index (χ0) is 8.82. The van der Waals surface area contributed by atoms with Gasteiger partial charge in [0.1, 0.15) is 0 Å². The second-order valence-corrected chi connectivity index (χ2v) is 4.22. The van der Waals surface area contributed by atoms with Crippen molar-refractivity contribution in [3.8, 4) is 0 Å². The Morgan fingerprint density at radius 3 is 2.29 bits per heavy atom. The van der Waals surface area contributed by atoms with Crippen molar-refractivity contribution >= 4 is 30.8 Å². The molecule has 0 aliphatic heterocycles. The Hall–Kier alpha value is -0.0300. The highest BCUT2D eigenvalue weighted by molar-refractivity contribution is 5.85. The maximum Gasteiger partial charge on any atom is 0.309 e. The lowest BCUT2D eigenvalue weighted by Crippen LogP contribution is -2.67. The first-order chi connectivity index (χ1) is 5.63. The number of hydrogen-bond donors (Lipinski definition) is 3. The van der Waals surface area contributed by atoms with Crippen molar-refractivity contribution in [2.24, 2.45) is 11.3 Å². The fraction of sp³-hybridized carbons (Fsp3) is 0.875. The summed E-state index contributed by atoms with van der Waals surface area (Å²) in [7, 11) is 0. The van der Waals surface area contributed by atoms with Gasteiger partial charge in [0.15, 0.2) is 0 Å². The highest BCUT2D eigenvalue weighted by atomic mass is 35.5. The maximum absolute atomic E-state index is 10.9. The van der Waals surface area contributed by atoms with Crippen molar-refractivity contribution in [2.75, 3.05) is 0 Å². The lowest BCUT2D eigenvalue weighted by Gasteiger charge is -2.57. The molecule has 0 amide bonds. The highest BCUT2D eigenvalue weighted by Gasteiger charge is 2.60. The average molecular weight is 243 g/mol. The molecule has 0 aromatic rings. The molecule has 3 saturated carbocycles. The van der Waals surface area contributed by atoms with Crippen LogP contribution in [0, 0.1) is 5.41 Å². The Bertz CT molecular complexity index is 229. The van der Waals surface area contributed by atoms with Gasteiger partial charge < -0.3 is 5.11 Å². The fourth-order valence-electron chi connectivity index (χ4n) is 2.79. The summed E-state index contributed by atoms with van der Waals surface area (Å²) in [5.41, 5.74) is 2.28. The van der Waals surface area contributed by atoms with Crippen LogP contribution < -0.4 is 11.3 Å². The minimum absolute atomic E-state index is 0. The second-order valence-electron chi connectivity index (χ2n) is 4.22. The zero-order valence-electron chi connectivity index (χ0n) is 7.78. The normalized spacial score (nSPS) is 38.6. The quantitative estimate of drug-likeness (QED) is 0.501. The smallest absolute Gasteiger partial charge is 0.309 e. The van der Waals surface area contributed by atoms with E-state index in [-0.39, 0.29) is 30.4 Å². The second kappa shape index (κ2) is 4.23. The molecule has 3 aliphatic carbocycles. The van der Waals surface area contributed by atoms with Crippen LogP contribution in [0.1, 0.15) is 32.1 Å². The Morgan fingerprint density at radius 1 is 1.29 bits per heavy atom. The van der Waals surface area contributed by atoms with Crippen molar-refractivity contribution in [2.45, 2.75) is 37.6 Å². The number of halogens is 2. The summed E-state index contributed by atoms with van der Waals surface area (Å²) in [5.74, 6) is 4.75. The van der Waals surface area contributed by atoms with Crippen molar-refractivity contribution in [3.05, 3.63) is 0 Å². The van der Waals surface area contributed by atoms with E-state index in [1.807, 2.05) is 0 Å². The molecule has 2 bridgehead atoms. The number of rotatable bonds is 2. The van der Waals surface area contributed by atoms with E-state index in [9.17, 15) is 4.79 Å². The molecule has 0 heterocycles. The summed E-state index contributed by atoms with van der Waals surface area (Å²) < 4.78 is 0. The van der Waals surface area contributed by atoms with Gasteiger partial charge >= 0.3 is 5.97 Å². The standard InChI is InChI=1S/C8H14N2O2.2ClH/c9-10-8-3-1-2-7(4-8,5-8)6(11)12;;/h10H,1-5,9H2,(H,11,12);2*1H. The van der Waals surface area contributed by atoms with Gasteiger partial charge in [-0.15, -0.1) is 24.8 Å². The van der Waals surface area contributed by atoms with Gasteiger partial charge in [-0.25, -0.2) is 0 Å². The van der Waals surface area contributed by atoms with Crippen LogP contribution in [-0.2, 0) is 4.79 Å². The first kappa shape index (κ1) is 14.0. The van der Waals surface area contributed by atoms with E-state index in [0.29, 0.717) is 12.8 Å². The van der Waals surface area contributed by atoms with Crippen molar-refractivity contribution < 1.29 is 9.90 Å². The van der Waals surface area contributed by atoms with Gasteiger partial charge in [-0.3, -0.25) is 16.1 Å². The topological polar surface area (TPSA) is 75.3 Å². The minimum Gasteiger partial charge on any atom is -0.481 e. The van der Waals surface area contributed by atoms with E-state index in [0.717, 1.165) is 19.3 Å². The van der Waals surface area contributed by atoms with Gasteiger partial charge in [0.25, 0.3) is 0 Å². The molecule has 3 aliphatic rings. The average Bonchev–Trinajstić information content (AvgIpc) is 2.03. The Balaban J connectivity index is 0.000000845. The van der Waals surface area contributed by atoms with Gasteiger partial charge in [-0.1, -0.05) is 6.42 Å². The van der Waals surface area contributed by atoms with Crippen LogP contribution >= 0.6 is 24.8 Å². The summed E-state index contributed by atoms with van der Waals surface area (Å²) in [6.45, 7) is 0. The number of hydrogen-bond acceptors (Lipinski definition) is 3. The van der Waals surface area contributed by atoms with E-state index in [2.05, 4.69) is 5.43 Å². The highest BCUT2D eigenvalue weighted by Crippen LogP contribution is 2.57. The van der Waals surface area contributed by atoms with Gasteiger partial charge in [0.05, 0.1) is 5.41 Å². The number of aliphatic carboxylic acids is 1. The van der Waals surface area contributed by atoms with Crippen LogP contribution in [-0.4, -0.2) is 16.6 Å². The molecule has 0 atom stereocenters. The van der Waals surface area contributed by atoms with E-state index in [4.69, 9.17) is 10.9 Å². The third kappa shape index (κ3) is 1.72. The molecular formula is C8H16Cl2N2O2. The lowest BCUT2D eigenvalue weighted by molar-refractivity contribution is -0.168. The van der Waals surface area contributed by atoms with Crippen LogP contribution in [0.25, 0.3) is 0 Å². The number of hydrazine groups is 1. The Morgan fingerprint density at radius 2 is 1.86 bits per heavy atom. The molecule has 0 saturated heterocycles. The number of nitrogens with two attached hydrogens (primary N) is 1. The van der Waals surface area contributed by atoms with E-state index < -0.39 is 11.4 Å². The predicted octanol–water partition coefficient (Wildman–Crippen LogP) is 1.08. The van der Waals surface area contributed by atoms with Crippen LogP contribution in [0.3, 0.4) is 0 Å². The molecule has 0 aromatic carbocycles. The number of carboxylic acids is 1. The molecule has 4 N–H and O–H groups in total. The molecule has 3 rings (SSSR count). The lowest BCUT2D eigenvalue weighted by atomic mass is 9.50. The van der Waals surface area contributed by atoms with Gasteiger partial charge in [-0.2, -0.15) is 0 Å². The zero-order valence-corrected chi connectivity index (χ0v) is 9.42. The summed E-state index contributed by atoms with van der Waals surface area (Å²) in [6.07, 6.45) is 4.26. The summed E-state index contributed by atoms with van der Waals surface area (Å²) >= 11 is 0. The minimum atomic E-state index is -0.645. The maximum atomic E-state index is 10.9. The molecule has 0 aromatic heterocycles. The van der Waals surface area contributed by atoms with Crippen LogP contribution in [0.5, 0.6) is 0 Å². The molecular weight excluding hydrogens is 227 g/mol. The molecule has 3 fully saturated rings. The van der Waals surface area contributed by atoms with Gasteiger partial charge in [-0.05, 0) is 25.7 Å². The summed E-state index contributed by atoms with van der Waals surface area (Å²) in [4.78, 5) is 10.9. The molecule has 14 heavy (non-hydrogen) atoms. The molecule has 6 heteroatoms. The van der Waals surface area contributed by atoms with Crippen molar-refractivity contribution in [3.63, 3.8) is 0 Å². The third-order valence-electron chi connectivity index (χ3n) is 3.42. The first-order valence-electron chi connectivity index (χ1n) is 4.34. The Kier molecular flexibility index (Phi) is 4.22. The largest absolute Gasteiger partial charge is 0.481 e. The van der Waals surface area contributed by atoms with Crippen LogP contribution in [0.4, 0.5) is 0 Å². The molecule has 4 nitrogen and oxygen atoms in total. The van der Waals surface area contributed by atoms with E-state index >= 15 is 0 Å². The van der Waals surface area contributed by atoms with Crippen molar-refractivity contribution in [1.29, 1.82) is 0 Å². The first-order valence-corrected chi connectivity index (χ1v) is 4.34. The SMILES string of the molecule is Cl.Cl.NNC12CCCC(C(=O)O)(C1)C2. The summed E-state index contributed by atoms with van der Waals surface area (Å²) in [5, 5.41) is 8.98. The monoisotopic (exact) mass is 242 g/mol. The molecule has 0 spiro atoms. The molecule has 84 valence electrons. The number of nitrogens with one attached hydrogen (secondary N) is 1. The third-order valence-corrected chi connectivity index (χ3v) is 3.42. The van der Waals surface area contributed by atoms with E-state index in [1.54, 1.807) is 0 Å². The summed E-state index contributed by atoms with van der Waals surface area (Å²) in [6, 6.07) is 0. The fourth-order valence-corrected chi connectivity index (χ4v) is 2.79. The van der Waals surface area contributed by atoms with Gasteiger partial charge in [0, 0.05) is 5.54 Å². The van der Waals surface area contributed by atoms with Crippen molar-refractivity contribution in [1.82, 2.24) is 5.43 Å². The van der Waals surface area contributed by atoms with Crippen LogP contribution in [0.15, 0.2) is 0 Å². The number of fused-ring (bicyclic) bond motifs is 2. The molecule has 0 unspecified atom stereocenters. The van der Waals surface area contributed by atoms with Gasteiger partial charge in [0.2, 0.25) is 0 Å². The Labute approximate surface area is 95.4 Å².